The van der Waals surface area contributed by atoms with Gasteiger partial charge in [0.15, 0.2) is 0 Å². The van der Waals surface area contributed by atoms with E-state index in [-0.39, 0.29) is 11.9 Å². The van der Waals surface area contributed by atoms with Gasteiger partial charge in [-0.2, -0.15) is 0 Å². The Bertz CT molecular complexity index is 472. The SMILES string of the molecule is Cc1cccc(C(=O)NC2CCCC(C)C2C)c1Cl. The Morgan fingerprint density at radius 3 is 2.79 bits per heavy atom. The number of nitrogens with one attached hydrogen (secondary N) is 1. The number of benzene rings is 1. The van der Waals surface area contributed by atoms with Gasteiger partial charge in [0.2, 0.25) is 0 Å². The zero-order valence-corrected chi connectivity index (χ0v) is 12.6. The number of carbonyl (C=O) groups excluding carboxylic acids is 1. The molecule has 1 aromatic carbocycles. The first-order chi connectivity index (χ1) is 9.00. The van der Waals surface area contributed by atoms with Crippen LogP contribution in [0, 0.1) is 18.8 Å². The second-order valence-corrected chi connectivity index (χ2v) is 6.16. The zero-order valence-electron chi connectivity index (χ0n) is 11.9. The molecule has 19 heavy (non-hydrogen) atoms. The van der Waals surface area contributed by atoms with Crippen LogP contribution in [0.4, 0.5) is 0 Å². The Kier molecular flexibility index (Phi) is 4.51. The largest absolute Gasteiger partial charge is 0.349 e. The summed E-state index contributed by atoms with van der Waals surface area (Å²) in [6.07, 6.45) is 3.53. The van der Waals surface area contributed by atoms with E-state index in [0.717, 1.165) is 12.0 Å². The monoisotopic (exact) mass is 279 g/mol. The number of halogens is 1. The van der Waals surface area contributed by atoms with Crippen molar-refractivity contribution in [1.82, 2.24) is 5.32 Å². The molecular weight excluding hydrogens is 258 g/mol. The summed E-state index contributed by atoms with van der Waals surface area (Å²) in [6, 6.07) is 5.86. The van der Waals surface area contributed by atoms with Crippen molar-refractivity contribution in [3.63, 3.8) is 0 Å². The lowest BCUT2D eigenvalue weighted by Gasteiger charge is -2.34. The van der Waals surface area contributed by atoms with Crippen molar-refractivity contribution in [2.24, 2.45) is 11.8 Å². The third-order valence-corrected chi connectivity index (χ3v) is 4.96. The highest BCUT2D eigenvalue weighted by Gasteiger charge is 2.28. The van der Waals surface area contributed by atoms with E-state index in [0.29, 0.717) is 22.4 Å². The van der Waals surface area contributed by atoms with E-state index in [2.05, 4.69) is 19.2 Å². The van der Waals surface area contributed by atoms with Crippen molar-refractivity contribution < 1.29 is 4.79 Å². The molecule has 0 heterocycles. The van der Waals surface area contributed by atoms with Crippen LogP contribution in [-0.2, 0) is 0 Å². The third kappa shape index (κ3) is 3.11. The summed E-state index contributed by atoms with van der Waals surface area (Å²) in [5.41, 5.74) is 1.53. The Balaban J connectivity index is 2.10. The van der Waals surface area contributed by atoms with Gasteiger partial charge in [-0.05, 0) is 36.8 Å². The maximum Gasteiger partial charge on any atom is 0.253 e. The summed E-state index contributed by atoms with van der Waals surface area (Å²) in [7, 11) is 0. The second-order valence-electron chi connectivity index (χ2n) is 5.78. The van der Waals surface area contributed by atoms with Crippen molar-refractivity contribution >= 4 is 17.5 Å². The van der Waals surface area contributed by atoms with Gasteiger partial charge < -0.3 is 5.32 Å². The Labute approximate surface area is 120 Å². The normalized spacial score (nSPS) is 27.1. The van der Waals surface area contributed by atoms with E-state index in [1.165, 1.54) is 12.8 Å². The van der Waals surface area contributed by atoms with E-state index in [9.17, 15) is 4.79 Å². The average Bonchev–Trinajstić information content (AvgIpc) is 2.38. The molecule has 1 aromatic rings. The van der Waals surface area contributed by atoms with Crippen molar-refractivity contribution in [3.8, 4) is 0 Å². The first kappa shape index (κ1) is 14.4. The molecule has 2 rings (SSSR count). The van der Waals surface area contributed by atoms with E-state index < -0.39 is 0 Å². The molecule has 0 bridgehead atoms. The molecule has 0 aliphatic heterocycles. The average molecular weight is 280 g/mol. The molecule has 3 heteroatoms. The summed E-state index contributed by atoms with van der Waals surface area (Å²) < 4.78 is 0. The molecule has 1 N–H and O–H groups in total. The molecule has 3 unspecified atom stereocenters. The highest BCUT2D eigenvalue weighted by molar-refractivity contribution is 6.34. The van der Waals surface area contributed by atoms with Crippen LogP contribution in [-0.4, -0.2) is 11.9 Å². The van der Waals surface area contributed by atoms with Crippen LogP contribution in [0.1, 0.15) is 49.0 Å². The number of amides is 1. The fourth-order valence-corrected chi connectivity index (χ4v) is 3.07. The number of rotatable bonds is 2. The quantitative estimate of drug-likeness (QED) is 0.863. The zero-order chi connectivity index (χ0) is 14.0. The molecule has 2 nitrogen and oxygen atoms in total. The summed E-state index contributed by atoms with van der Waals surface area (Å²) >= 11 is 6.21. The molecule has 3 atom stereocenters. The summed E-state index contributed by atoms with van der Waals surface area (Å²) in [5, 5.41) is 3.73. The third-order valence-electron chi connectivity index (χ3n) is 4.46. The highest BCUT2D eigenvalue weighted by atomic mass is 35.5. The standard InChI is InChI=1S/C16H22ClNO/c1-10-6-5-9-14(12(10)3)18-16(19)13-8-4-7-11(2)15(13)17/h4,7-8,10,12,14H,5-6,9H2,1-3H3,(H,18,19). The fourth-order valence-electron chi connectivity index (χ4n) is 2.85. The lowest BCUT2D eigenvalue weighted by molar-refractivity contribution is 0.0891. The van der Waals surface area contributed by atoms with Crippen LogP contribution in [0.5, 0.6) is 0 Å². The molecule has 104 valence electrons. The van der Waals surface area contributed by atoms with E-state index in [1.807, 2.05) is 19.1 Å². The molecule has 0 spiro atoms. The van der Waals surface area contributed by atoms with E-state index in [4.69, 9.17) is 11.6 Å². The number of carbonyl (C=O) groups is 1. The van der Waals surface area contributed by atoms with Crippen molar-refractivity contribution in [2.75, 3.05) is 0 Å². The van der Waals surface area contributed by atoms with Crippen LogP contribution in [0.3, 0.4) is 0 Å². The molecule has 0 radical (unpaired) electrons. The van der Waals surface area contributed by atoms with E-state index in [1.54, 1.807) is 6.07 Å². The lowest BCUT2D eigenvalue weighted by Crippen LogP contribution is -2.43. The van der Waals surface area contributed by atoms with Gasteiger partial charge in [-0.1, -0.05) is 50.4 Å². The molecule has 1 fully saturated rings. The molecule has 1 aliphatic carbocycles. The molecule has 1 amide bonds. The lowest BCUT2D eigenvalue weighted by atomic mass is 9.78. The molecule has 0 saturated heterocycles. The van der Waals surface area contributed by atoms with Crippen molar-refractivity contribution in [2.45, 2.75) is 46.1 Å². The smallest absolute Gasteiger partial charge is 0.253 e. The van der Waals surface area contributed by atoms with Crippen LogP contribution >= 0.6 is 11.6 Å². The van der Waals surface area contributed by atoms with Crippen molar-refractivity contribution in [3.05, 3.63) is 34.3 Å². The van der Waals surface area contributed by atoms with Gasteiger partial charge in [0.05, 0.1) is 10.6 Å². The van der Waals surface area contributed by atoms with E-state index >= 15 is 0 Å². The van der Waals surface area contributed by atoms with Gasteiger partial charge in [0, 0.05) is 6.04 Å². The first-order valence-corrected chi connectivity index (χ1v) is 7.44. The van der Waals surface area contributed by atoms with Crippen LogP contribution in [0.2, 0.25) is 5.02 Å². The predicted molar refractivity (Wildman–Crippen MR) is 79.6 cm³/mol. The fraction of sp³-hybridized carbons (Fsp3) is 0.562. The summed E-state index contributed by atoms with van der Waals surface area (Å²) in [4.78, 5) is 12.3. The number of hydrogen-bond acceptors (Lipinski definition) is 1. The predicted octanol–water partition coefficient (Wildman–Crippen LogP) is 4.20. The molecular formula is C16H22ClNO. The van der Waals surface area contributed by atoms with Gasteiger partial charge in [0.1, 0.15) is 0 Å². The minimum Gasteiger partial charge on any atom is -0.349 e. The van der Waals surface area contributed by atoms with Gasteiger partial charge in [0.25, 0.3) is 5.91 Å². The van der Waals surface area contributed by atoms with Gasteiger partial charge >= 0.3 is 0 Å². The maximum atomic E-state index is 12.3. The van der Waals surface area contributed by atoms with Crippen LogP contribution < -0.4 is 5.32 Å². The van der Waals surface area contributed by atoms with Crippen molar-refractivity contribution in [1.29, 1.82) is 0 Å². The number of aryl methyl sites for hydroxylation is 1. The minimum atomic E-state index is -0.0420. The van der Waals surface area contributed by atoms with Gasteiger partial charge in [-0.25, -0.2) is 0 Å². The number of hydrogen-bond donors (Lipinski definition) is 1. The van der Waals surface area contributed by atoms with Gasteiger partial charge in [-0.15, -0.1) is 0 Å². The Morgan fingerprint density at radius 2 is 2.05 bits per heavy atom. The molecule has 1 saturated carbocycles. The summed E-state index contributed by atoms with van der Waals surface area (Å²) in [5.74, 6) is 1.16. The highest BCUT2D eigenvalue weighted by Crippen LogP contribution is 2.30. The Hall–Kier alpha value is -1.02. The van der Waals surface area contributed by atoms with Crippen LogP contribution in [0.25, 0.3) is 0 Å². The first-order valence-electron chi connectivity index (χ1n) is 7.06. The molecule has 1 aliphatic rings. The van der Waals surface area contributed by atoms with Crippen LogP contribution in [0.15, 0.2) is 18.2 Å². The van der Waals surface area contributed by atoms with Gasteiger partial charge in [-0.3, -0.25) is 4.79 Å². The maximum absolute atomic E-state index is 12.3. The second kappa shape index (κ2) is 5.96. The molecule has 0 aromatic heterocycles. The summed E-state index contributed by atoms with van der Waals surface area (Å²) in [6.45, 7) is 6.42. The minimum absolute atomic E-state index is 0.0420. The Morgan fingerprint density at radius 1 is 1.32 bits per heavy atom. The topological polar surface area (TPSA) is 29.1 Å².